The lowest BCUT2D eigenvalue weighted by Gasteiger charge is -2.47. The van der Waals surface area contributed by atoms with Crippen LogP contribution in [0.2, 0.25) is 0 Å². The van der Waals surface area contributed by atoms with Crippen molar-refractivity contribution in [2.45, 2.75) is 142 Å². The van der Waals surface area contributed by atoms with Gasteiger partial charge in [-0.2, -0.15) is 9.36 Å². The van der Waals surface area contributed by atoms with E-state index in [0.717, 1.165) is 5.56 Å². The number of ketones is 2. The summed E-state index contributed by atoms with van der Waals surface area (Å²) in [5, 5.41) is 29.1. The first kappa shape index (κ1) is 45.6. The summed E-state index contributed by atoms with van der Waals surface area (Å²) in [5.74, 6) is -5.44. The SMILES string of the molecule is CC[C@H]1OC(=O)[C@H](C)C(=O)[C@H](C)[C@@H](O[C@@H]2O[C@H](C)C[C@H](N(C)C)[C@H]2O)[C@@]2(C)C[C@@H](C)C(=O)[C@H](C)[C@@H](CC/C(=N\OCc3ccc(-c4nc(N)ns4)cn3)CO2)[C@]1(C)O. The Kier molecular flexibility index (Phi) is 14.8. The maximum absolute atomic E-state index is 14.5. The molecule has 58 heavy (non-hydrogen) atoms. The van der Waals surface area contributed by atoms with Crippen molar-refractivity contribution in [3.8, 4) is 10.6 Å². The van der Waals surface area contributed by atoms with Gasteiger partial charge < -0.3 is 44.6 Å². The Balaban J connectivity index is 1.57. The molecule has 0 aliphatic carbocycles. The molecule has 2 aromatic heterocycles. The summed E-state index contributed by atoms with van der Waals surface area (Å²) in [6.07, 6.45) is -1.62. The van der Waals surface area contributed by atoms with Crippen LogP contribution in [0.15, 0.2) is 23.5 Å². The minimum atomic E-state index is -1.66. The molecule has 2 aromatic rings. The number of aromatic nitrogens is 3. The molecule has 3 saturated heterocycles. The molecule has 0 spiro atoms. The van der Waals surface area contributed by atoms with E-state index in [1.165, 1.54) is 18.5 Å². The fourth-order valence-electron chi connectivity index (χ4n) is 8.90. The third-order valence-corrected chi connectivity index (χ3v) is 13.1. The zero-order valence-electron chi connectivity index (χ0n) is 35.4. The average Bonchev–Trinajstić information content (AvgIpc) is 3.62. The zero-order valence-corrected chi connectivity index (χ0v) is 36.2. The van der Waals surface area contributed by atoms with Crippen molar-refractivity contribution in [2.75, 3.05) is 26.4 Å². The highest BCUT2D eigenvalue weighted by atomic mass is 32.1. The second kappa shape index (κ2) is 18.9. The molecule has 4 N–H and O–H groups in total. The summed E-state index contributed by atoms with van der Waals surface area (Å²) in [7, 11) is 3.73. The summed E-state index contributed by atoms with van der Waals surface area (Å²) in [5.41, 5.74) is 4.48. The first-order valence-electron chi connectivity index (χ1n) is 20.3. The topological polar surface area (TPSA) is 218 Å². The number of carbonyl (C=O) groups excluding carboxylic acids is 3. The van der Waals surface area contributed by atoms with Crippen LogP contribution in [0.4, 0.5) is 5.95 Å². The molecule has 322 valence electrons. The van der Waals surface area contributed by atoms with Crippen LogP contribution in [-0.4, -0.2) is 121 Å². The van der Waals surface area contributed by atoms with E-state index >= 15 is 0 Å². The lowest BCUT2D eigenvalue weighted by Crippen LogP contribution is -2.59. The number of nitrogens with two attached hydrogens (primary N) is 1. The molecule has 0 aromatic carbocycles. The van der Waals surface area contributed by atoms with Gasteiger partial charge in [-0.3, -0.25) is 19.4 Å². The number of likely N-dealkylation sites (N-methyl/N-ethyl adjacent to an activating group) is 1. The standard InChI is InChI=1S/C41H62N6O10S/c1-11-31-41(8,52)29-15-14-28(45-54-20-27-13-12-26(18-43-27)36-44-39(42)46-58-36)19-53-40(7,17-21(2)32(48)23(29)4)35(24(5)33(49)25(6)37(51)56-31)57-38-34(50)30(47(9)10)16-22(3)55-38/h12-13,18,21-25,29-31,34-35,38,50,52H,11,14-17,19-20H2,1-10H3,(H2,42,46)/b45-28+/t21-,22-,23-,24+,25-,29-,30+,31-,34-,35-,38+,40-,41+/m1/s1. The number of anilines is 1. The minimum Gasteiger partial charge on any atom is -0.459 e. The second-order valence-electron chi connectivity index (χ2n) is 17.1. The fourth-order valence-corrected chi connectivity index (χ4v) is 9.48. The Morgan fingerprint density at radius 2 is 1.81 bits per heavy atom. The van der Waals surface area contributed by atoms with Crippen molar-refractivity contribution in [3.05, 3.63) is 24.0 Å². The third-order valence-electron chi connectivity index (χ3n) is 12.4. The molecule has 13 atom stereocenters. The maximum atomic E-state index is 14.5. The van der Waals surface area contributed by atoms with E-state index in [9.17, 15) is 24.6 Å². The van der Waals surface area contributed by atoms with Crippen LogP contribution in [0.1, 0.15) is 93.2 Å². The van der Waals surface area contributed by atoms with E-state index in [-0.39, 0.29) is 62.8 Å². The average molecular weight is 831 g/mol. The summed E-state index contributed by atoms with van der Waals surface area (Å²) in [4.78, 5) is 59.1. The molecule has 0 unspecified atom stereocenters. The molecular weight excluding hydrogens is 769 g/mol. The van der Waals surface area contributed by atoms with Crippen molar-refractivity contribution >= 4 is 40.7 Å². The van der Waals surface area contributed by atoms with E-state index in [2.05, 4.69) is 19.5 Å². The van der Waals surface area contributed by atoms with Crippen LogP contribution in [0.5, 0.6) is 0 Å². The van der Waals surface area contributed by atoms with Crippen molar-refractivity contribution < 1.29 is 48.4 Å². The van der Waals surface area contributed by atoms with Gasteiger partial charge in [-0.05, 0) is 97.6 Å². The summed E-state index contributed by atoms with van der Waals surface area (Å²) >= 11 is 1.17. The highest BCUT2D eigenvalue weighted by Gasteiger charge is 2.52. The number of rotatable bonds is 8. The Morgan fingerprint density at radius 1 is 1.09 bits per heavy atom. The quantitative estimate of drug-likeness (QED) is 0.193. The van der Waals surface area contributed by atoms with Crippen LogP contribution in [-0.2, 0) is 44.8 Å². The lowest BCUT2D eigenvalue weighted by molar-refractivity contribution is -0.296. The number of aliphatic hydroxyl groups excluding tert-OH is 1. The van der Waals surface area contributed by atoms with Crippen LogP contribution in [0.25, 0.3) is 10.6 Å². The van der Waals surface area contributed by atoms with Gasteiger partial charge in [-0.15, -0.1) is 0 Å². The van der Waals surface area contributed by atoms with Gasteiger partial charge in [-0.1, -0.05) is 32.9 Å². The van der Waals surface area contributed by atoms with Gasteiger partial charge in [0.2, 0.25) is 5.95 Å². The number of esters is 1. The Hall–Kier alpha value is -3.45. The Bertz CT molecular complexity index is 1770. The zero-order chi connectivity index (χ0) is 42.7. The van der Waals surface area contributed by atoms with E-state index in [0.29, 0.717) is 22.8 Å². The van der Waals surface area contributed by atoms with Crippen molar-refractivity contribution in [1.82, 2.24) is 19.2 Å². The number of pyridine rings is 1. The highest BCUT2D eigenvalue weighted by Crippen LogP contribution is 2.42. The van der Waals surface area contributed by atoms with E-state index in [1.54, 1.807) is 46.9 Å². The summed E-state index contributed by atoms with van der Waals surface area (Å²) in [6, 6.07) is 3.32. The first-order valence-corrected chi connectivity index (χ1v) is 21.1. The number of cyclic esters (lactones) is 1. The molecule has 0 amide bonds. The monoisotopic (exact) mass is 830 g/mol. The number of nitrogens with zero attached hydrogens (tertiary/aromatic N) is 5. The van der Waals surface area contributed by atoms with Gasteiger partial charge in [0.25, 0.3) is 0 Å². The molecule has 0 radical (unpaired) electrons. The van der Waals surface area contributed by atoms with Crippen molar-refractivity contribution in [2.24, 2.45) is 34.7 Å². The lowest BCUT2D eigenvalue weighted by atomic mass is 9.69. The number of Topliss-reactive ketones (excluding diaryl/α,β-unsaturated/α-hetero) is 2. The van der Waals surface area contributed by atoms with Crippen molar-refractivity contribution in [3.63, 3.8) is 0 Å². The van der Waals surface area contributed by atoms with Crippen LogP contribution >= 0.6 is 11.5 Å². The maximum Gasteiger partial charge on any atom is 0.316 e. The van der Waals surface area contributed by atoms with E-state index in [1.807, 2.05) is 38.9 Å². The first-order chi connectivity index (χ1) is 27.3. The number of aliphatic hydroxyl groups is 2. The number of oxime groups is 1. The number of hydrogen-bond donors (Lipinski definition) is 3. The predicted molar refractivity (Wildman–Crippen MR) is 216 cm³/mol. The second-order valence-corrected chi connectivity index (χ2v) is 17.8. The Morgan fingerprint density at radius 3 is 2.43 bits per heavy atom. The predicted octanol–water partition coefficient (Wildman–Crippen LogP) is 4.21. The molecule has 3 aliphatic rings. The number of ether oxygens (including phenoxy) is 4. The van der Waals surface area contributed by atoms with Crippen LogP contribution in [0, 0.1) is 29.6 Å². The summed E-state index contributed by atoms with van der Waals surface area (Å²) < 4.78 is 29.8. The molecule has 5 heterocycles. The molecule has 3 aliphatic heterocycles. The molecule has 17 heteroatoms. The van der Waals surface area contributed by atoms with Gasteiger partial charge in [0.1, 0.15) is 34.5 Å². The minimum absolute atomic E-state index is 0.0253. The van der Waals surface area contributed by atoms with Gasteiger partial charge >= 0.3 is 5.97 Å². The molecule has 0 saturated carbocycles. The van der Waals surface area contributed by atoms with E-state index in [4.69, 9.17) is 29.5 Å². The number of nitrogen functional groups attached to an aromatic ring is 1. The molecule has 5 rings (SSSR count). The molecule has 3 fully saturated rings. The van der Waals surface area contributed by atoms with Gasteiger partial charge in [0.05, 0.1) is 35.8 Å². The molecular formula is C41H62N6O10S. The van der Waals surface area contributed by atoms with Crippen LogP contribution < -0.4 is 5.73 Å². The van der Waals surface area contributed by atoms with Crippen LogP contribution in [0.3, 0.4) is 0 Å². The summed E-state index contributed by atoms with van der Waals surface area (Å²) in [6.45, 7) is 13.7. The number of fused-ring (bicyclic) bond motifs is 5. The number of hydrogen-bond acceptors (Lipinski definition) is 17. The normalized spacial score (nSPS) is 37.8. The fraction of sp³-hybridized carbons (Fsp3) is 0.732. The number of carbonyl (C=O) groups is 3. The van der Waals surface area contributed by atoms with Gasteiger partial charge in [0, 0.05) is 41.5 Å². The largest absolute Gasteiger partial charge is 0.459 e. The smallest absolute Gasteiger partial charge is 0.316 e. The van der Waals surface area contributed by atoms with Gasteiger partial charge in [-0.25, -0.2) is 0 Å². The third kappa shape index (κ3) is 10.1. The molecule has 16 nitrogen and oxygen atoms in total. The van der Waals surface area contributed by atoms with E-state index < -0.39 is 77.1 Å². The molecule has 2 bridgehead atoms. The van der Waals surface area contributed by atoms with Crippen molar-refractivity contribution in [1.29, 1.82) is 0 Å². The van der Waals surface area contributed by atoms with Gasteiger partial charge in [0.15, 0.2) is 18.7 Å². The highest BCUT2D eigenvalue weighted by molar-refractivity contribution is 7.09. The Labute approximate surface area is 345 Å².